The molecule has 2 aliphatic carbocycles. The van der Waals surface area contributed by atoms with Crippen LogP contribution in [0, 0.1) is 11.8 Å². The van der Waals surface area contributed by atoms with Gasteiger partial charge in [0.25, 0.3) is 0 Å². The molecule has 0 saturated heterocycles. The first-order chi connectivity index (χ1) is 16.5. The molecule has 4 atom stereocenters. The van der Waals surface area contributed by atoms with E-state index in [2.05, 4.69) is 0 Å². The summed E-state index contributed by atoms with van der Waals surface area (Å²) in [6.07, 6.45) is 9.76. The molecule has 0 radical (unpaired) electrons. The molecular weight excluding hydrogens is 428 g/mol. The van der Waals surface area contributed by atoms with Gasteiger partial charge in [-0.1, -0.05) is 86.7 Å². The molecule has 0 heterocycles. The zero-order valence-electron chi connectivity index (χ0n) is 19.7. The number of carboxylic acid groups (broad SMARTS) is 1. The highest BCUT2D eigenvalue weighted by atomic mass is 16.5. The van der Waals surface area contributed by atoms with E-state index in [0.717, 1.165) is 30.4 Å². The minimum absolute atomic E-state index is 0.306. The van der Waals surface area contributed by atoms with E-state index in [-0.39, 0.29) is 12.3 Å². The summed E-state index contributed by atoms with van der Waals surface area (Å²) in [5.74, 6) is -0.241. The van der Waals surface area contributed by atoms with E-state index < -0.39 is 23.8 Å². The summed E-state index contributed by atoms with van der Waals surface area (Å²) in [5.41, 5.74) is 0.725. The largest absolute Gasteiger partial charge is 0.483 e. The van der Waals surface area contributed by atoms with Gasteiger partial charge in [-0.3, -0.25) is 4.79 Å². The van der Waals surface area contributed by atoms with Gasteiger partial charge in [0.15, 0.2) is 5.60 Å². The van der Waals surface area contributed by atoms with Crippen molar-refractivity contribution in [3.05, 3.63) is 66.7 Å². The average Bonchev–Trinajstić information content (AvgIpc) is 3.13. The zero-order valence-corrected chi connectivity index (χ0v) is 19.7. The maximum Gasteiger partial charge on any atom is 0.307 e. The molecule has 5 nitrogen and oxygen atoms in total. The van der Waals surface area contributed by atoms with E-state index in [1.54, 1.807) is 12.1 Å². The Labute approximate surface area is 202 Å². The van der Waals surface area contributed by atoms with Crippen LogP contribution in [-0.2, 0) is 4.79 Å². The lowest BCUT2D eigenvalue weighted by atomic mass is 9.83. The number of aliphatic hydroxyl groups is 2. The molecule has 0 aromatic heterocycles. The minimum Gasteiger partial charge on any atom is -0.483 e. The predicted octanol–water partition coefficient (Wildman–Crippen LogP) is 5.60. The topological polar surface area (TPSA) is 87.0 Å². The van der Waals surface area contributed by atoms with Crippen molar-refractivity contribution in [1.29, 1.82) is 0 Å². The molecule has 182 valence electrons. The van der Waals surface area contributed by atoms with Crippen LogP contribution in [0.5, 0.6) is 5.75 Å². The van der Waals surface area contributed by atoms with Gasteiger partial charge in [0.2, 0.25) is 0 Å². The van der Waals surface area contributed by atoms with Crippen LogP contribution in [0.3, 0.4) is 0 Å². The third kappa shape index (κ3) is 5.89. The van der Waals surface area contributed by atoms with Gasteiger partial charge in [0.1, 0.15) is 5.75 Å². The van der Waals surface area contributed by atoms with Gasteiger partial charge in [-0.15, -0.1) is 0 Å². The van der Waals surface area contributed by atoms with Gasteiger partial charge >= 0.3 is 5.97 Å². The van der Waals surface area contributed by atoms with E-state index >= 15 is 0 Å². The average molecular weight is 465 g/mol. The van der Waals surface area contributed by atoms with Crippen molar-refractivity contribution in [2.24, 2.45) is 11.8 Å². The van der Waals surface area contributed by atoms with Crippen LogP contribution in [0.4, 0.5) is 0 Å². The second-order valence-electron chi connectivity index (χ2n) is 9.91. The lowest BCUT2D eigenvalue weighted by molar-refractivity contribution is -0.146. The highest BCUT2D eigenvalue weighted by molar-refractivity contribution is 5.69. The quantitative estimate of drug-likeness (QED) is 0.420. The van der Waals surface area contributed by atoms with E-state index in [1.807, 2.05) is 54.6 Å². The van der Waals surface area contributed by atoms with Crippen LogP contribution in [0.15, 0.2) is 66.7 Å². The number of rotatable bonds is 9. The fourth-order valence-corrected chi connectivity index (χ4v) is 5.69. The molecule has 2 aromatic carbocycles. The third-order valence-electron chi connectivity index (χ3n) is 7.48. The van der Waals surface area contributed by atoms with Crippen molar-refractivity contribution < 1.29 is 24.9 Å². The van der Waals surface area contributed by atoms with Crippen molar-refractivity contribution in [3.63, 3.8) is 0 Å². The first kappa shape index (κ1) is 24.5. The smallest absolute Gasteiger partial charge is 0.307 e. The Kier molecular flexibility index (Phi) is 8.07. The molecule has 2 aromatic rings. The highest BCUT2D eigenvalue weighted by Crippen LogP contribution is 2.44. The maximum absolute atomic E-state index is 11.9. The number of aliphatic hydroxyl groups excluding tert-OH is 2. The van der Waals surface area contributed by atoms with Crippen molar-refractivity contribution >= 4 is 5.97 Å². The van der Waals surface area contributed by atoms with Crippen molar-refractivity contribution in [1.82, 2.24) is 0 Å². The number of carboxylic acids is 1. The molecule has 4 unspecified atom stereocenters. The van der Waals surface area contributed by atoms with E-state index in [1.165, 1.54) is 19.3 Å². The molecule has 5 heteroatoms. The fourth-order valence-electron chi connectivity index (χ4n) is 5.69. The van der Waals surface area contributed by atoms with Crippen LogP contribution in [0.1, 0.15) is 57.8 Å². The standard InChI is InChI=1S/C29H36O5/c30-25(18-21-8-3-1-4-9-21)16-14-24-15-17-27(31)29(24,20-28(32)33)34-26-13-7-12-23(19-26)22-10-5-2-6-11-22/h2,5-7,10-14,16,19,21,24-25,27,30-31H,1,3-4,8-9,15,17-18,20H2,(H,32,33). The lowest BCUT2D eigenvalue weighted by Gasteiger charge is -2.36. The Hall–Kier alpha value is -2.63. The van der Waals surface area contributed by atoms with Crippen LogP contribution < -0.4 is 4.74 Å². The fraction of sp³-hybridized carbons (Fsp3) is 0.483. The number of aliphatic carboxylic acids is 1. The summed E-state index contributed by atoms with van der Waals surface area (Å²) in [4.78, 5) is 11.9. The third-order valence-corrected chi connectivity index (χ3v) is 7.48. The lowest BCUT2D eigenvalue weighted by Crippen LogP contribution is -2.50. The van der Waals surface area contributed by atoms with Gasteiger partial charge in [-0.2, -0.15) is 0 Å². The Balaban J connectivity index is 1.54. The summed E-state index contributed by atoms with van der Waals surface area (Å²) in [6, 6.07) is 17.5. The van der Waals surface area contributed by atoms with Gasteiger partial charge in [0.05, 0.1) is 18.6 Å². The second kappa shape index (κ2) is 11.2. The molecular formula is C29H36O5. The van der Waals surface area contributed by atoms with Crippen molar-refractivity contribution in [2.75, 3.05) is 0 Å². The van der Waals surface area contributed by atoms with E-state index in [0.29, 0.717) is 24.5 Å². The minimum atomic E-state index is -1.28. The second-order valence-corrected chi connectivity index (χ2v) is 9.91. The zero-order chi connectivity index (χ0) is 24.0. The molecule has 34 heavy (non-hydrogen) atoms. The molecule has 4 rings (SSSR count). The van der Waals surface area contributed by atoms with Crippen LogP contribution in [0.2, 0.25) is 0 Å². The molecule has 0 amide bonds. The molecule has 2 saturated carbocycles. The SMILES string of the molecule is O=C(O)CC1(Oc2cccc(-c3ccccc3)c2)C(O)CCC1C=CC(O)CC1CCCCC1. The van der Waals surface area contributed by atoms with Crippen LogP contribution in [0.25, 0.3) is 11.1 Å². The molecule has 0 spiro atoms. The number of ether oxygens (including phenoxy) is 1. The first-order valence-corrected chi connectivity index (χ1v) is 12.6. The Morgan fingerprint density at radius 2 is 1.74 bits per heavy atom. The Morgan fingerprint density at radius 1 is 1.00 bits per heavy atom. The predicted molar refractivity (Wildman–Crippen MR) is 133 cm³/mol. The maximum atomic E-state index is 11.9. The summed E-state index contributed by atoms with van der Waals surface area (Å²) >= 11 is 0. The summed E-state index contributed by atoms with van der Waals surface area (Å²) in [7, 11) is 0. The number of benzene rings is 2. The molecule has 0 aliphatic heterocycles. The summed E-state index contributed by atoms with van der Waals surface area (Å²) in [5, 5.41) is 31.3. The first-order valence-electron chi connectivity index (χ1n) is 12.6. The van der Waals surface area contributed by atoms with Gasteiger partial charge in [0, 0.05) is 5.92 Å². The monoisotopic (exact) mass is 464 g/mol. The van der Waals surface area contributed by atoms with Gasteiger partial charge in [-0.25, -0.2) is 0 Å². The van der Waals surface area contributed by atoms with Crippen LogP contribution in [-0.4, -0.2) is 39.1 Å². The molecule has 0 bridgehead atoms. The molecule has 2 aliphatic rings. The molecule has 2 fully saturated rings. The number of hydrogen-bond donors (Lipinski definition) is 3. The van der Waals surface area contributed by atoms with E-state index in [4.69, 9.17) is 4.74 Å². The highest BCUT2D eigenvalue weighted by Gasteiger charge is 2.52. The summed E-state index contributed by atoms with van der Waals surface area (Å²) < 4.78 is 6.38. The van der Waals surface area contributed by atoms with E-state index in [9.17, 15) is 20.1 Å². The van der Waals surface area contributed by atoms with Crippen molar-refractivity contribution in [2.45, 2.75) is 75.6 Å². The molecule has 3 N–H and O–H groups in total. The number of hydrogen-bond acceptors (Lipinski definition) is 4. The number of carbonyl (C=O) groups is 1. The summed E-state index contributed by atoms with van der Waals surface area (Å²) in [6.45, 7) is 0. The van der Waals surface area contributed by atoms with Crippen molar-refractivity contribution in [3.8, 4) is 16.9 Å². The van der Waals surface area contributed by atoms with Gasteiger partial charge < -0.3 is 20.1 Å². The Morgan fingerprint density at radius 3 is 2.47 bits per heavy atom. The normalized spacial score (nSPS) is 26.5. The van der Waals surface area contributed by atoms with Gasteiger partial charge in [-0.05, 0) is 48.4 Å². The Bertz CT molecular complexity index is 965. The van der Waals surface area contributed by atoms with Crippen LogP contribution >= 0.6 is 0 Å².